The molecule has 35 heavy (non-hydrogen) atoms. The molecule has 1 aliphatic carbocycles. The first kappa shape index (κ1) is 20.7. The fraction of sp³-hybridized carbons (Fsp3) is 0.138. The van der Waals surface area contributed by atoms with Crippen molar-refractivity contribution in [2.75, 3.05) is 11.9 Å². The molecule has 0 amide bonds. The lowest BCUT2D eigenvalue weighted by atomic mass is 9.90. The van der Waals surface area contributed by atoms with Crippen molar-refractivity contribution in [1.82, 2.24) is 15.0 Å². The highest BCUT2D eigenvalue weighted by Crippen LogP contribution is 2.38. The molecule has 0 bridgehead atoms. The predicted molar refractivity (Wildman–Crippen MR) is 150 cm³/mol. The number of imidazole rings is 1. The van der Waals surface area contributed by atoms with E-state index in [9.17, 15) is 0 Å². The quantitative estimate of drug-likeness (QED) is 0.180. The van der Waals surface area contributed by atoms with Crippen molar-refractivity contribution >= 4 is 65.1 Å². The molecule has 5 nitrogen and oxygen atoms in total. The van der Waals surface area contributed by atoms with Crippen LogP contribution in [0.4, 0.5) is 5.69 Å². The van der Waals surface area contributed by atoms with E-state index >= 15 is 0 Å². The highest BCUT2D eigenvalue weighted by atomic mass is 79.9. The molecular weight excluding hydrogens is 498 g/mol. The lowest BCUT2D eigenvalue weighted by Crippen LogP contribution is -2.17. The third-order valence-corrected chi connectivity index (χ3v) is 7.74. The molecule has 7 rings (SSSR count). The summed E-state index contributed by atoms with van der Waals surface area (Å²) >= 11 is 3.61. The van der Waals surface area contributed by atoms with Gasteiger partial charge in [0.25, 0.3) is 0 Å². The van der Waals surface area contributed by atoms with Gasteiger partial charge in [0, 0.05) is 55.8 Å². The van der Waals surface area contributed by atoms with Gasteiger partial charge in [-0.15, -0.1) is 0 Å². The van der Waals surface area contributed by atoms with Gasteiger partial charge in [-0.05, 0) is 65.9 Å². The maximum Gasteiger partial charge on any atom is 0.140 e. The van der Waals surface area contributed by atoms with E-state index in [2.05, 4.69) is 85.8 Å². The first-order valence-corrected chi connectivity index (χ1v) is 12.8. The molecule has 4 aromatic carbocycles. The number of anilines is 1. The number of hydrogen-bond acceptors (Lipinski definition) is 3. The maximum atomic E-state index is 6.07. The standard InChI is InChI=1S/C29H24BrN5/c30-17-8-11-25-23(12-17)24(15-32-25)29-34-27-20-7-2-1-6-19(20)22-13-18(9-10-21(22)28(27)35-29)33-26(14-31)16-4-3-5-16/h1-2,6-13,15,32-33H,3-5,14,31H2,(H,34,35). The number of aromatic nitrogens is 3. The van der Waals surface area contributed by atoms with Gasteiger partial charge < -0.3 is 21.0 Å². The highest BCUT2D eigenvalue weighted by Gasteiger charge is 2.17. The summed E-state index contributed by atoms with van der Waals surface area (Å²) in [6.07, 6.45) is 5.59. The van der Waals surface area contributed by atoms with Gasteiger partial charge in [-0.25, -0.2) is 4.98 Å². The fourth-order valence-corrected chi connectivity index (χ4v) is 5.64. The van der Waals surface area contributed by atoms with Crippen LogP contribution in [-0.4, -0.2) is 21.5 Å². The monoisotopic (exact) mass is 521 g/mol. The zero-order valence-electron chi connectivity index (χ0n) is 19.1. The Morgan fingerprint density at radius 1 is 0.943 bits per heavy atom. The van der Waals surface area contributed by atoms with Crippen molar-refractivity contribution in [3.05, 3.63) is 82.6 Å². The second kappa shape index (κ2) is 7.97. The number of fused-ring (bicyclic) bond motifs is 7. The molecule has 1 fully saturated rings. The molecule has 0 radical (unpaired) electrons. The Labute approximate surface area is 210 Å². The smallest absolute Gasteiger partial charge is 0.140 e. The Kier molecular flexibility index (Phi) is 4.72. The number of nitrogens with two attached hydrogens (primary N) is 1. The highest BCUT2D eigenvalue weighted by molar-refractivity contribution is 9.10. The van der Waals surface area contributed by atoms with Gasteiger partial charge in [-0.2, -0.15) is 0 Å². The number of rotatable bonds is 4. The molecule has 0 aliphatic heterocycles. The third-order valence-electron chi connectivity index (χ3n) is 7.25. The summed E-state index contributed by atoms with van der Waals surface area (Å²) in [5.41, 5.74) is 14.0. The normalized spacial score (nSPS) is 13.7. The lowest BCUT2D eigenvalue weighted by molar-refractivity contribution is 0.648. The van der Waals surface area contributed by atoms with Crippen LogP contribution in [0.25, 0.3) is 54.9 Å². The van der Waals surface area contributed by atoms with Gasteiger partial charge in [-0.3, -0.25) is 0 Å². The predicted octanol–water partition coefficient (Wildman–Crippen LogP) is 7.59. The molecule has 6 heteroatoms. The molecule has 0 saturated heterocycles. The first-order valence-electron chi connectivity index (χ1n) is 12.0. The maximum absolute atomic E-state index is 6.07. The van der Waals surface area contributed by atoms with E-state index in [1.54, 1.807) is 0 Å². The summed E-state index contributed by atoms with van der Waals surface area (Å²) in [5, 5.41) is 9.45. The van der Waals surface area contributed by atoms with Crippen LogP contribution in [0.2, 0.25) is 0 Å². The number of nitrogens with one attached hydrogen (secondary N) is 3. The molecule has 2 heterocycles. The molecule has 5 N–H and O–H groups in total. The first-order chi connectivity index (χ1) is 17.2. The second-order valence-corrected chi connectivity index (χ2v) is 10.2. The van der Waals surface area contributed by atoms with E-state index in [0.717, 1.165) is 72.8 Å². The summed E-state index contributed by atoms with van der Waals surface area (Å²) in [4.78, 5) is 12.1. The molecule has 2 aromatic heterocycles. The number of aromatic amines is 2. The molecule has 0 unspecified atom stereocenters. The number of H-pyrrole nitrogens is 2. The Balaban J connectivity index is 1.45. The number of nitrogens with zero attached hydrogens (tertiary/aromatic N) is 1. The van der Waals surface area contributed by atoms with Gasteiger partial charge in [0.15, 0.2) is 0 Å². The molecule has 0 atom stereocenters. The molecule has 0 spiro atoms. The Bertz CT molecular complexity index is 1800. The van der Waals surface area contributed by atoms with Crippen molar-refractivity contribution < 1.29 is 0 Å². The number of benzene rings is 4. The van der Waals surface area contributed by atoms with Crippen LogP contribution >= 0.6 is 15.9 Å². The van der Waals surface area contributed by atoms with Crippen LogP contribution in [0.3, 0.4) is 0 Å². The largest absolute Gasteiger partial charge is 0.360 e. The van der Waals surface area contributed by atoms with Crippen LogP contribution < -0.4 is 11.1 Å². The minimum Gasteiger partial charge on any atom is -0.360 e. The minimum atomic E-state index is 0.539. The summed E-state index contributed by atoms with van der Waals surface area (Å²) in [7, 11) is 0. The van der Waals surface area contributed by atoms with E-state index in [-0.39, 0.29) is 0 Å². The van der Waals surface area contributed by atoms with Crippen LogP contribution in [0, 0.1) is 0 Å². The van der Waals surface area contributed by atoms with Crippen molar-refractivity contribution in [3.63, 3.8) is 0 Å². The Hall–Kier alpha value is -3.61. The third kappa shape index (κ3) is 3.28. The summed E-state index contributed by atoms with van der Waals surface area (Å²) < 4.78 is 1.05. The van der Waals surface area contributed by atoms with Crippen molar-refractivity contribution in [2.45, 2.75) is 19.3 Å². The number of hydrogen-bond donors (Lipinski definition) is 4. The van der Waals surface area contributed by atoms with Crippen LogP contribution in [0.1, 0.15) is 19.3 Å². The lowest BCUT2D eigenvalue weighted by Gasteiger charge is -2.22. The van der Waals surface area contributed by atoms with Crippen LogP contribution in [0.15, 0.2) is 82.6 Å². The van der Waals surface area contributed by atoms with Crippen LogP contribution in [0.5, 0.6) is 0 Å². The Morgan fingerprint density at radius 2 is 1.80 bits per heavy atom. The van der Waals surface area contributed by atoms with Crippen molar-refractivity contribution in [1.29, 1.82) is 0 Å². The second-order valence-electron chi connectivity index (χ2n) is 9.27. The zero-order chi connectivity index (χ0) is 23.5. The SMILES string of the molecule is NCC(Nc1ccc2c(c1)c1ccccc1c1nc(-c3c[nH]c4ccc(Br)cc34)[nH]c21)=C1CCC1. The van der Waals surface area contributed by atoms with E-state index in [1.807, 2.05) is 12.3 Å². The molecule has 6 aromatic rings. The zero-order valence-corrected chi connectivity index (χ0v) is 20.7. The van der Waals surface area contributed by atoms with Crippen molar-refractivity contribution in [3.8, 4) is 11.4 Å². The molecule has 1 aliphatic rings. The van der Waals surface area contributed by atoms with Crippen molar-refractivity contribution in [2.24, 2.45) is 5.73 Å². The topological polar surface area (TPSA) is 82.5 Å². The van der Waals surface area contributed by atoms with Gasteiger partial charge in [-0.1, -0.05) is 46.3 Å². The summed E-state index contributed by atoms with van der Waals surface area (Å²) in [5.74, 6) is 0.865. The summed E-state index contributed by atoms with van der Waals surface area (Å²) in [6.45, 7) is 0.539. The minimum absolute atomic E-state index is 0.539. The van der Waals surface area contributed by atoms with Gasteiger partial charge in [0.1, 0.15) is 5.82 Å². The van der Waals surface area contributed by atoms with E-state index in [4.69, 9.17) is 10.7 Å². The molecule has 172 valence electrons. The Morgan fingerprint density at radius 3 is 2.60 bits per heavy atom. The molecular formula is C29H24BrN5. The van der Waals surface area contributed by atoms with Gasteiger partial charge in [0.05, 0.1) is 11.0 Å². The number of halogens is 1. The number of allylic oxidation sites excluding steroid dienone is 1. The van der Waals surface area contributed by atoms with Gasteiger partial charge in [0.2, 0.25) is 0 Å². The van der Waals surface area contributed by atoms with Crippen LogP contribution in [-0.2, 0) is 0 Å². The molecule has 1 saturated carbocycles. The average molecular weight is 522 g/mol. The van der Waals surface area contributed by atoms with Gasteiger partial charge >= 0.3 is 0 Å². The van der Waals surface area contributed by atoms with E-state index < -0.39 is 0 Å². The van der Waals surface area contributed by atoms with E-state index in [1.165, 1.54) is 22.8 Å². The summed E-state index contributed by atoms with van der Waals surface area (Å²) in [6, 6.07) is 21.4. The average Bonchev–Trinajstić information content (AvgIpc) is 3.47. The fourth-order valence-electron chi connectivity index (χ4n) is 5.28. The van der Waals surface area contributed by atoms with E-state index in [0.29, 0.717) is 6.54 Å².